The Morgan fingerprint density at radius 1 is 1.26 bits per heavy atom. The number of hydrogen-bond acceptors (Lipinski definition) is 2. The van der Waals surface area contributed by atoms with Crippen molar-refractivity contribution in [3.05, 3.63) is 51.3 Å². The Kier molecular flexibility index (Phi) is 3.51. The van der Waals surface area contributed by atoms with E-state index in [0.29, 0.717) is 22.6 Å². The number of H-pyrrole nitrogens is 1. The zero-order chi connectivity index (χ0) is 14.2. The van der Waals surface area contributed by atoms with Crippen LogP contribution in [0.1, 0.15) is 36.7 Å². The Balaban J connectivity index is 2.74. The monoisotopic (exact) mass is 260 g/mol. The summed E-state index contributed by atoms with van der Waals surface area (Å²) in [5.41, 5.74) is 2.47. The Bertz CT molecular complexity index is 674. The van der Waals surface area contributed by atoms with Crippen LogP contribution in [0.2, 0.25) is 0 Å². The summed E-state index contributed by atoms with van der Waals surface area (Å²) < 4.78 is 13.4. The number of nitrogens with one attached hydrogen (secondary N) is 1. The van der Waals surface area contributed by atoms with E-state index in [2.05, 4.69) is 9.97 Å². The molecule has 0 aliphatic carbocycles. The first-order valence-corrected chi connectivity index (χ1v) is 6.27. The van der Waals surface area contributed by atoms with Crippen molar-refractivity contribution in [1.82, 2.24) is 9.97 Å². The highest BCUT2D eigenvalue weighted by Crippen LogP contribution is 2.25. The lowest BCUT2D eigenvalue weighted by atomic mass is 10.0. The van der Waals surface area contributed by atoms with Gasteiger partial charge in [-0.3, -0.25) is 4.79 Å². The minimum Gasteiger partial charge on any atom is -0.310 e. The molecule has 3 nitrogen and oxygen atoms in total. The van der Waals surface area contributed by atoms with E-state index in [1.807, 2.05) is 20.8 Å². The van der Waals surface area contributed by atoms with E-state index in [9.17, 15) is 9.18 Å². The molecule has 100 valence electrons. The first-order valence-electron chi connectivity index (χ1n) is 6.27. The summed E-state index contributed by atoms with van der Waals surface area (Å²) in [7, 11) is 0. The van der Waals surface area contributed by atoms with Gasteiger partial charge in [-0.1, -0.05) is 19.9 Å². The summed E-state index contributed by atoms with van der Waals surface area (Å²) in [4.78, 5) is 19.2. The van der Waals surface area contributed by atoms with Gasteiger partial charge in [0.2, 0.25) is 0 Å². The molecule has 1 aromatic heterocycles. The molecule has 1 aromatic carbocycles. The van der Waals surface area contributed by atoms with Crippen molar-refractivity contribution in [1.29, 1.82) is 0 Å². The molecule has 0 spiro atoms. The summed E-state index contributed by atoms with van der Waals surface area (Å²) >= 11 is 0. The van der Waals surface area contributed by atoms with Crippen molar-refractivity contribution < 1.29 is 4.39 Å². The van der Waals surface area contributed by atoms with E-state index in [1.165, 1.54) is 12.1 Å². The van der Waals surface area contributed by atoms with Crippen LogP contribution in [0, 0.1) is 19.7 Å². The molecule has 1 N–H and O–H groups in total. The third kappa shape index (κ3) is 2.57. The van der Waals surface area contributed by atoms with Gasteiger partial charge in [-0.15, -0.1) is 0 Å². The van der Waals surface area contributed by atoms with E-state index in [4.69, 9.17) is 0 Å². The average Bonchev–Trinajstić information content (AvgIpc) is 2.35. The molecule has 2 rings (SSSR count). The molecule has 0 aliphatic rings. The maximum Gasteiger partial charge on any atom is 0.254 e. The molecule has 0 unspecified atom stereocenters. The molecule has 0 aliphatic heterocycles. The van der Waals surface area contributed by atoms with Crippen LogP contribution < -0.4 is 5.56 Å². The molecule has 0 saturated carbocycles. The Hall–Kier alpha value is -1.97. The first-order chi connectivity index (χ1) is 8.90. The maximum atomic E-state index is 13.4. The standard InChI is InChI=1S/C15H17FN2O/c1-8(2)14-17-13(10(4)15(19)18-14)12-7-11(16)6-5-9(12)3/h5-8H,1-4H3,(H,17,18,19). The molecular weight excluding hydrogens is 243 g/mol. The third-order valence-electron chi connectivity index (χ3n) is 3.17. The predicted octanol–water partition coefficient (Wildman–Crippen LogP) is 3.32. The van der Waals surface area contributed by atoms with Crippen molar-refractivity contribution in [2.45, 2.75) is 33.6 Å². The van der Waals surface area contributed by atoms with Crippen LogP contribution in [0.3, 0.4) is 0 Å². The molecule has 0 bridgehead atoms. The quantitative estimate of drug-likeness (QED) is 0.900. The molecule has 19 heavy (non-hydrogen) atoms. The van der Waals surface area contributed by atoms with Crippen LogP contribution in [0.25, 0.3) is 11.3 Å². The molecule has 0 atom stereocenters. The fourth-order valence-corrected chi connectivity index (χ4v) is 1.93. The highest BCUT2D eigenvalue weighted by molar-refractivity contribution is 5.66. The zero-order valence-corrected chi connectivity index (χ0v) is 11.5. The normalized spacial score (nSPS) is 11.1. The summed E-state index contributed by atoms with van der Waals surface area (Å²) in [6.07, 6.45) is 0. The summed E-state index contributed by atoms with van der Waals surface area (Å²) in [6.45, 7) is 7.49. The lowest BCUT2D eigenvalue weighted by Crippen LogP contribution is -2.17. The fraction of sp³-hybridized carbons (Fsp3) is 0.333. The number of nitrogens with zero attached hydrogens (tertiary/aromatic N) is 1. The second-order valence-electron chi connectivity index (χ2n) is 5.04. The van der Waals surface area contributed by atoms with Crippen LogP contribution >= 0.6 is 0 Å². The van der Waals surface area contributed by atoms with E-state index in [0.717, 1.165) is 5.56 Å². The highest BCUT2D eigenvalue weighted by Gasteiger charge is 2.14. The average molecular weight is 260 g/mol. The number of aromatic nitrogens is 2. The van der Waals surface area contributed by atoms with Gasteiger partial charge in [0.15, 0.2) is 0 Å². The van der Waals surface area contributed by atoms with Crippen molar-refractivity contribution >= 4 is 0 Å². The molecule has 0 fully saturated rings. The second-order valence-corrected chi connectivity index (χ2v) is 5.04. The van der Waals surface area contributed by atoms with Gasteiger partial charge in [0.05, 0.1) is 5.69 Å². The lowest BCUT2D eigenvalue weighted by molar-refractivity contribution is 0.627. The number of aromatic amines is 1. The van der Waals surface area contributed by atoms with Crippen molar-refractivity contribution in [2.24, 2.45) is 0 Å². The van der Waals surface area contributed by atoms with Gasteiger partial charge in [-0.25, -0.2) is 9.37 Å². The van der Waals surface area contributed by atoms with E-state index >= 15 is 0 Å². The Morgan fingerprint density at radius 3 is 2.58 bits per heavy atom. The lowest BCUT2D eigenvalue weighted by Gasteiger charge is -2.11. The van der Waals surface area contributed by atoms with Crippen LogP contribution in [0.4, 0.5) is 4.39 Å². The van der Waals surface area contributed by atoms with Gasteiger partial charge in [-0.2, -0.15) is 0 Å². The smallest absolute Gasteiger partial charge is 0.254 e. The third-order valence-corrected chi connectivity index (χ3v) is 3.17. The molecular formula is C15H17FN2O. The van der Waals surface area contributed by atoms with Gasteiger partial charge < -0.3 is 4.98 Å². The molecule has 1 heterocycles. The molecule has 0 saturated heterocycles. The molecule has 0 amide bonds. The first kappa shape index (κ1) is 13.5. The Labute approximate surface area is 111 Å². The summed E-state index contributed by atoms with van der Waals surface area (Å²) in [6, 6.07) is 4.53. The second kappa shape index (κ2) is 4.96. The van der Waals surface area contributed by atoms with Crippen molar-refractivity contribution in [3.8, 4) is 11.3 Å². The summed E-state index contributed by atoms with van der Waals surface area (Å²) in [5.74, 6) is 0.406. The van der Waals surface area contributed by atoms with Crippen LogP contribution in [-0.4, -0.2) is 9.97 Å². The fourth-order valence-electron chi connectivity index (χ4n) is 1.93. The summed E-state index contributed by atoms with van der Waals surface area (Å²) in [5, 5.41) is 0. The van der Waals surface area contributed by atoms with Gasteiger partial charge >= 0.3 is 0 Å². The maximum absolute atomic E-state index is 13.4. The number of halogens is 1. The van der Waals surface area contributed by atoms with Gasteiger partial charge in [-0.05, 0) is 31.5 Å². The van der Waals surface area contributed by atoms with E-state index < -0.39 is 0 Å². The molecule has 0 radical (unpaired) electrons. The number of benzene rings is 1. The number of hydrogen-bond donors (Lipinski definition) is 1. The van der Waals surface area contributed by atoms with Crippen molar-refractivity contribution in [2.75, 3.05) is 0 Å². The van der Waals surface area contributed by atoms with Gasteiger partial charge in [0.25, 0.3) is 5.56 Å². The molecule has 4 heteroatoms. The number of aryl methyl sites for hydroxylation is 1. The van der Waals surface area contributed by atoms with E-state index in [1.54, 1.807) is 13.0 Å². The Morgan fingerprint density at radius 2 is 1.95 bits per heavy atom. The van der Waals surface area contributed by atoms with Crippen LogP contribution in [0.5, 0.6) is 0 Å². The van der Waals surface area contributed by atoms with Gasteiger partial charge in [0, 0.05) is 17.0 Å². The van der Waals surface area contributed by atoms with E-state index in [-0.39, 0.29) is 17.3 Å². The van der Waals surface area contributed by atoms with Crippen LogP contribution in [0.15, 0.2) is 23.0 Å². The minimum atomic E-state index is -0.326. The van der Waals surface area contributed by atoms with Crippen molar-refractivity contribution in [3.63, 3.8) is 0 Å². The highest BCUT2D eigenvalue weighted by atomic mass is 19.1. The largest absolute Gasteiger partial charge is 0.310 e. The molecule has 2 aromatic rings. The van der Waals surface area contributed by atoms with Gasteiger partial charge in [0.1, 0.15) is 11.6 Å². The zero-order valence-electron chi connectivity index (χ0n) is 11.5. The van der Waals surface area contributed by atoms with Crippen LogP contribution in [-0.2, 0) is 0 Å². The number of rotatable bonds is 2. The SMILES string of the molecule is Cc1ccc(F)cc1-c1nc(C(C)C)[nH]c(=O)c1C. The topological polar surface area (TPSA) is 45.8 Å². The predicted molar refractivity (Wildman–Crippen MR) is 73.8 cm³/mol. The minimum absolute atomic E-state index is 0.112.